The van der Waals surface area contributed by atoms with Gasteiger partial charge in [0.25, 0.3) is 0 Å². The Morgan fingerprint density at radius 3 is 2.28 bits per heavy atom. The minimum absolute atomic E-state index is 0.0602. The Morgan fingerprint density at radius 2 is 1.67 bits per heavy atom. The van der Waals surface area contributed by atoms with Gasteiger partial charge in [-0.15, -0.1) is 0 Å². The number of hydrogen-bond acceptors (Lipinski definition) is 1. The van der Waals surface area contributed by atoms with E-state index in [2.05, 4.69) is 15.9 Å². The van der Waals surface area contributed by atoms with Crippen LogP contribution in [0.1, 0.15) is 32.6 Å². The lowest BCUT2D eigenvalue weighted by molar-refractivity contribution is 0.103. The van der Waals surface area contributed by atoms with Crippen LogP contribution in [-0.2, 0) is 0 Å². The van der Waals surface area contributed by atoms with Crippen LogP contribution in [0.25, 0.3) is 0 Å². The Morgan fingerprint density at radius 1 is 0.944 bits per heavy atom. The minimum Gasteiger partial charge on any atom is -0.289 e. The first-order valence-electron chi connectivity index (χ1n) is 5.87. The number of ketones is 1. The van der Waals surface area contributed by atoms with E-state index in [0.29, 0.717) is 5.56 Å². The molecular formula is C16H15BrO. The number of aryl methyl sites for hydroxylation is 3. The maximum Gasteiger partial charge on any atom is 0.194 e. The molecule has 0 N–H and O–H groups in total. The van der Waals surface area contributed by atoms with Gasteiger partial charge in [0.2, 0.25) is 0 Å². The van der Waals surface area contributed by atoms with E-state index in [4.69, 9.17) is 0 Å². The monoisotopic (exact) mass is 302 g/mol. The lowest BCUT2D eigenvalue weighted by atomic mass is 9.99. The molecule has 2 aromatic carbocycles. The molecule has 18 heavy (non-hydrogen) atoms. The van der Waals surface area contributed by atoms with Crippen LogP contribution < -0.4 is 0 Å². The molecule has 0 aromatic heterocycles. The SMILES string of the molecule is Cc1ccc(C(=O)c2ccc(C)c(C)c2)c(Br)c1. The van der Waals surface area contributed by atoms with Gasteiger partial charge in [-0.1, -0.05) is 34.1 Å². The first kappa shape index (κ1) is 13.0. The highest BCUT2D eigenvalue weighted by atomic mass is 79.9. The predicted octanol–water partition coefficient (Wildman–Crippen LogP) is 4.61. The van der Waals surface area contributed by atoms with E-state index in [0.717, 1.165) is 21.2 Å². The van der Waals surface area contributed by atoms with Crippen molar-refractivity contribution in [2.45, 2.75) is 20.8 Å². The summed E-state index contributed by atoms with van der Waals surface area (Å²) in [5, 5.41) is 0. The molecule has 1 nitrogen and oxygen atoms in total. The predicted molar refractivity (Wildman–Crippen MR) is 78.2 cm³/mol. The Labute approximate surface area is 116 Å². The summed E-state index contributed by atoms with van der Waals surface area (Å²) < 4.78 is 0.853. The van der Waals surface area contributed by atoms with Crippen LogP contribution >= 0.6 is 15.9 Å². The molecule has 2 heteroatoms. The topological polar surface area (TPSA) is 17.1 Å². The Kier molecular flexibility index (Phi) is 3.67. The molecule has 0 spiro atoms. The second kappa shape index (κ2) is 5.07. The van der Waals surface area contributed by atoms with Crippen LogP contribution in [-0.4, -0.2) is 5.78 Å². The summed E-state index contributed by atoms with van der Waals surface area (Å²) in [7, 11) is 0. The van der Waals surface area contributed by atoms with Gasteiger partial charge in [0.1, 0.15) is 0 Å². The molecular weight excluding hydrogens is 288 g/mol. The molecule has 0 atom stereocenters. The van der Waals surface area contributed by atoms with Crippen LogP contribution in [0.5, 0.6) is 0 Å². The first-order chi connectivity index (χ1) is 8.49. The molecule has 0 radical (unpaired) electrons. The van der Waals surface area contributed by atoms with Crippen molar-refractivity contribution in [1.29, 1.82) is 0 Å². The van der Waals surface area contributed by atoms with E-state index in [1.54, 1.807) is 0 Å². The molecule has 2 aromatic rings. The summed E-state index contributed by atoms with van der Waals surface area (Å²) in [5.41, 5.74) is 4.93. The molecule has 0 saturated heterocycles. The Balaban J connectivity index is 2.44. The number of carbonyl (C=O) groups excluding carboxylic acids is 1. The molecule has 0 amide bonds. The summed E-state index contributed by atoms with van der Waals surface area (Å²) in [6.07, 6.45) is 0. The molecule has 0 bridgehead atoms. The standard InChI is InChI=1S/C16H15BrO/c1-10-4-7-14(15(17)8-10)16(18)13-6-5-11(2)12(3)9-13/h4-9H,1-3H3. The number of rotatable bonds is 2. The van der Waals surface area contributed by atoms with E-state index in [1.165, 1.54) is 5.56 Å². The van der Waals surface area contributed by atoms with Crippen LogP contribution in [0, 0.1) is 20.8 Å². The zero-order valence-corrected chi connectivity index (χ0v) is 12.3. The van der Waals surface area contributed by atoms with E-state index >= 15 is 0 Å². The molecule has 0 aliphatic rings. The average molecular weight is 303 g/mol. The van der Waals surface area contributed by atoms with Crippen molar-refractivity contribution in [2.75, 3.05) is 0 Å². The molecule has 0 heterocycles. The fraction of sp³-hybridized carbons (Fsp3) is 0.188. The summed E-state index contributed by atoms with van der Waals surface area (Å²) in [6, 6.07) is 11.6. The quantitative estimate of drug-likeness (QED) is 0.741. The van der Waals surface area contributed by atoms with Crippen molar-refractivity contribution in [3.8, 4) is 0 Å². The number of carbonyl (C=O) groups is 1. The third kappa shape index (κ3) is 2.54. The zero-order valence-electron chi connectivity index (χ0n) is 10.8. The second-order valence-electron chi connectivity index (χ2n) is 4.61. The molecule has 0 aliphatic carbocycles. The van der Waals surface area contributed by atoms with Crippen molar-refractivity contribution in [2.24, 2.45) is 0 Å². The maximum absolute atomic E-state index is 12.4. The van der Waals surface area contributed by atoms with Crippen molar-refractivity contribution >= 4 is 21.7 Å². The lowest BCUT2D eigenvalue weighted by Gasteiger charge is -2.07. The van der Waals surface area contributed by atoms with Gasteiger partial charge in [-0.05, 0) is 55.7 Å². The molecule has 0 aliphatic heterocycles. The van der Waals surface area contributed by atoms with Gasteiger partial charge in [0.05, 0.1) is 0 Å². The largest absolute Gasteiger partial charge is 0.289 e. The van der Waals surface area contributed by atoms with Crippen molar-refractivity contribution in [3.63, 3.8) is 0 Å². The van der Waals surface area contributed by atoms with Crippen molar-refractivity contribution in [3.05, 3.63) is 68.7 Å². The minimum atomic E-state index is 0.0602. The van der Waals surface area contributed by atoms with E-state index in [1.807, 2.05) is 57.2 Å². The lowest BCUT2D eigenvalue weighted by Crippen LogP contribution is -2.03. The molecule has 0 saturated carbocycles. The molecule has 0 fully saturated rings. The Hall–Kier alpha value is -1.41. The fourth-order valence-corrected chi connectivity index (χ4v) is 2.52. The summed E-state index contributed by atoms with van der Waals surface area (Å²) in [5.74, 6) is 0.0602. The Bertz CT molecular complexity index is 614. The second-order valence-corrected chi connectivity index (χ2v) is 5.47. The van der Waals surface area contributed by atoms with Crippen LogP contribution in [0.4, 0.5) is 0 Å². The normalized spacial score (nSPS) is 10.4. The van der Waals surface area contributed by atoms with Crippen LogP contribution in [0.2, 0.25) is 0 Å². The van der Waals surface area contributed by atoms with Gasteiger partial charge >= 0.3 is 0 Å². The van der Waals surface area contributed by atoms with E-state index < -0.39 is 0 Å². The molecule has 2 rings (SSSR count). The third-order valence-electron chi connectivity index (χ3n) is 3.14. The first-order valence-corrected chi connectivity index (χ1v) is 6.66. The van der Waals surface area contributed by atoms with Gasteiger partial charge in [-0.3, -0.25) is 4.79 Å². The van der Waals surface area contributed by atoms with Gasteiger partial charge < -0.3 is 0 Å². The molecule has 92 valence electrons. The van der Waals surface area contributed by atoms with E-state index in [-0.39, 0.29) is 5.78 Å². The third-order valence-corrected chi connectivity index (χ3v) is 3.79. The van der Waals surface area contributed by atoms with Crippen LogP contribution in [0.15, 0.2) is 40.9 Å². The number of halogens is 1. The van der Waals surface area contributed by atoms with Crippen molar-refractivity contribution < 1.29 is 4.79 Å². The number of benzene rings is 2. The highest BCUT2D eigenvalue weighted by molar-refractivity contribution is 9.10. The van der Waals surface area contributed by atoms with Gasteiger partial charge in [-0.25, -0.2) is 0 Å². The van der Waals surface area contributed by atoms with Crippen molar-refractivity contribution in [1.82, 2.24) is 0 Å². The van der Waals surface area contributed by atoms with Gasteiger partial charge in [0.15, 0.2) is 5.78 Å². The summed E-state index contributed by atoms with van der Waals surface area (Å²) >= 11 is 3.46. The van der Waals surface area contributed by atoms with Gasteiger partial charge in [0, 0.05) is 15.6 Å². The zero-order chi connectivity index (χ0) is 13.3. The summed E-state index contributed by atoms with van der Waals surface area (Å²) in [6.45, 7) is 6.08. The van der Waals surface area contributed by atoms with E-state index in [9.17, 15) is 4.79 Å². The summed E-state index contributed by atoms with van der Waals surface area (Å²) in [4.78, 5) is 12.4. The highest BCUT2D eigenvalue weighted by Gasteiger charge is 2.13. The van der Waals surface area contributed by atoms with Gasteiger partial charge in [-0.2, -0.15) is 0 Å². The maximum atomic E-state index is 12.4. The smallest absolute Gasteiger partial charge is 0.194 e. The van der Waals surface area contributed by atoms with Crippen LogP contribution in [0.3, 0.4) is 0 Å². The fourth-order valence-electron chi connectivity index (χ4n) is 1.84. The number of hydrogen-bond donors (Lipinski definition) is 0. The molecule has 0 unspecified atom stereocenters. The average Bonchev–Trinajstić information content (AvgIpc) is 2.32. The highest BCUT2D eigenvalue weighted by Crippen LogP contribution is 2.22.